The number of nitrogens with one attached hydrogen (secondary N) is 2. The number of amides is 2. The molecule has 0 aliphatic rings. The molecule has 2 aromatic carbocycles. The van der Waals surface area contributed by atoms with Crippen molar-refractivity contribution in [2.45, 2.75) is 13.0 Å². The van der Waals surface area contributed by atoms with E-state index < -0.39 is 0 Å². The molecule has 152 valence electrons. The average molecular weight is 395 g/mol. The van der Waals surface area contributed by atoms with Crippen molar-refractivity contribution < 1.29 is 9.53 Å². The first-order valence-electron chi connectivity index (χ1n) is 9.42. The lowest BCUT2D eigenvalue weighted by Gasteiger charge is -2.07. The van der Waals surface area contributed by atoms with Crippen LogP contribution in [0.4, 0.5) is 4.79 Å². The first kappa shape index (κ1) is 20.2. The molecule has 2 amide bonds. The zero-order chi connectivity index (χ0) is 20.6. The van der Waals surface area contributed by atoms with Crippen molar-refractivity contribution in [3.63, 3.8) is 0 Å². The van der Waals surface area contributed by atoms with Crippen LogP contribution in [0.1, 0.15) is 5.56 Å². The highest BCUT2D eigenvalue weighted by Crippen LogP contribution is 2.19. The second-order valence-corrected chi connectivity index (χ2v) is 6.54. The van der Waals surface area contributed by atoms with Gasteiger partial charge in [-0.15, -0.1) is 5.10 Å². The Hall–Kier alpha value is -3.55. The van der Waals surface area contributed by atoms with Crippen LogP contribution in [0.25, 0.3) is 11.4 Å². The Kier molecular flexibility index (Phi) is 6.67. The molecule has 0 aliphatic heterocycles. The Balaban J connectivity index is 1.50. The van der Waals surface area contributed by atoms with Crippen molar-refractivity contribution in [1.29, 1.82) is 0 Å². The van der Waals surface area contributed by atoms with Gasteiger partial charge in [0.1, 0.15) is 5.75 Å². The monoisotopic (exact) mass is 395 g/mol. The largest absolute Gasteiger partial charge is 0.497 e. The summed E-state index contributed by atoms with van der Waals surface area (Å²) in [4.78, 5) is 24.3. The summed E-state index contributed by atoms with van der Waals surface area (Å²) in [6.07, 6.45) is 0.763. The van der Waals surface area contributed by atoms with E-state index in [1.165, 1.54) is 14.8 Å². The van der Waals surface area contributed by atoms with Crippen LogP contribution in [-0.2, 0) is 20.0 Å². The molecule has 0 bridgehead atoms. The van der Waals surface area contributed by atoms with E-state index in [-0.39, 0.29) is 18.3 Å². The zero-order valence-corrected chi connectivity index (χ0v) is 16.6. The van der Waals surface area contributed by atoms with Crippen LogP contribution in [-0.4, -0.2) is 40.6 Å². The van der Waals surface area contributed by atoms with E-state index in [1.807, 2.05) is 54.6 Å². The summed E-state index contributed by atoms with van der Waals surface area (Å²) >= 11 is 0. The van der Waals surface area contributed by atoms with E-state index in [9.17, 15) is 9.59 Å². The van der Waals surface area contributed by atoms with Gasteiger partial charge in [0.2, 0.25) is 0 Å². The minimum absolute atomic E-state index is 0.234. The minimum Gasteiger partial charge on any atom is -0.497 e. The Morgan fingerprint density at radius 3 is 2.41 bits per heavy atom. The predicted molar refractivity (Wildman–Crippen MR) is 111 cm³/mol. The first-order valence-corrected chi connectivity index (χ1v) is 9.42. The number of ether oxygens (including phenoxy) is 1. The molecule has 1 aromatic heterocycles. The highest BCUT2D eigenvalue weighted by Gasteiger charge is 2.12. The van der Waals surface area contributed by atoms with Crippen LogP contribution >= 0.6 is 0 Å². The van der Waals surface area contributed by atoms with Gasteiger partial charge in [0.05, 0.1) is 13.7 Å². The van der Waals surface area contributed by atoms with E-state index in [2.05, 4.69) is 15.7 Å². The Morgan fingerprint density at radius 1 is 1.03 bits per heavy atom. The molecule has 29 heavy (non-hydrogen) atoms. The molecule has 8 heteroatoms. The van der Waals surface area contributed by atoms with Crippen molar-refractivity contribution in [1.82, 2.24) is 25.0 Å². The number of benzene rings is 2. The van der Waals surface area contributed by atoms with Crippen LogP contribution in [0.5, 0.6) is 5.75 Å². The summed E-state index contributed by atoms with van der Waals surface area (Å²) in [5, 5.41) is 9.95. The third kappa shape index (κ3) is 5.25. The number of hydrogen-bond donors (Lipinski definition) is 2. The summed E-state index contributed by atoms with van der Waals surface area (Å²) in [5.74, 6) is 1.30. The number of urea groups is 1. The molecule has 3 aromatic rings. The number of nitrogens with zero attached hydrogens (tertiary/aromatic N) is 3. The molecule has 2 N–H and O–H groups in total. The fourth-order valence-electron chi connectivity index (χ4n) is 2.93. The molecule has 1 heterocycles. The van der Waals surface area contributed by atoms with E-state index in [0.29, 0.717) is 18.9 Å². The lowest BCUT2D eigenvalue weighted by Crippen LogP contribution is -2.39. The lowest BCUT2D eigenvalue weighted by molar-refractivity contribution is 0.240. The Bertz CT molecular complexity index is 993. The van der Waals surface area contributed by atoms with Crippen molar-refractivity contribution in [2.75, 3.05) is 20.2 Å². The van der Waals surface area contributed by atoms with E-state index >= 15 is 0 Å². The van der Waals surface area contributed by atoms with Gasteiger partial charge in [0.15, 0.2) is 5.82 Å². The fourth-order valence-corrected chi connectivity index (χ4v) is 2.93. The Morgan fingerprint density at radius 2 is 1.72 bits per heavy atom. The summed E-state index contributed by atoms with van der Waals surface area (Å²) in [7, 11) is 3.28. The first-order chi connectivity index (χ1) is 14.1. The van der Waals surface area contributed by atoms with Crippen molar-refractivity contribution in [2.24, 2.45) is 7.05 Å². The average Bonchev–Trinajstić information content (AvgIpc) is 3.03. The molecule has 0 saturated heterocycles. The lowest BCUT2D eigenvalue weighted by atomic mass is 10.1. The SMILES string of the molecule is COc1ccc(-c2nn(CCNC(=O)NCCc3ccccc3)c(=O)n2C)cc1. The van der Waals surface area contributed by atoms with Gasteiger partial charge in [-0.05, 0) is 36.2 Å². The summed E-state index contributed by atoms with van der Waals surface area (Å²) < 4.78 is 7.99. The molecular weight excluding hydrogens is 370 g/mol. The summed E-state index contributed by atoms with van der Waals surface area (Å²) in [5.41, 5.74) is 1.75. The molecule has 0 radical (unpaired) electrons. The van der Waals surface area contributed by atoms with E-state index in [0.717, 1.165) is 17.7 Å². The van der Waals surface area contributed by atoms with E-state index in [1.54, 1.807) is 14.2 Å². The molecule has 8 nitrogen and oxygen atoms in total. The number of carbonyl (C=O) groups is 1. The van der Waals surface area contributed by atoms with Crippen LogP contribution in [0.3, 0.4) is 0 Å². The maximum atomic E-state index is 12.4. The van der Waals surface area contributed by atoms with Gasteiger partial charge in [-0.25, -0.2) is 14.3 Å². The maximum absolute atomic E-state index is 12.4. The second kappa shape index (κ2) is 9.59. The van der Waals surface area contributed by atoms with Gasteiger partial charge in [-0.1, -0.05) is 30.3 Å². The fraction of sp³-hybridized carbons (Fsp3) is 0.286. The highest BCUT2D eigenvalue weighted by molar-refractivity contribution is 5.73. The topological polar surface area (TPSA) is 90.2 Å². The van der Waals surface area contributed by atoms with Gasteiger partial charge in [-0.2, -0.15) is 0 Å². The van der Waals surface area contributed by atoms with Crippen LogP contribution < -0.4 is 21.1 Å². The standard InChI is InChI=1S/C21H25N5O3/c1-25-19(17-8-10-18(29-2)11-9-17)24-26(21(25)28)15-14-23-20(27)22-13-12-16-6-4-3-5-7-16/h3-11H,12-15H2,1-2H3,(H2,22,23,27). The molecule has 0 unspecified atom stereocenters. The molecule has 0 spiro atoms. The quantitative estimate of drug-likeness (QED) is 0.609. The highest BCUT2D eigenvalue weighted by atomic mass is 16.5. The number of hydrogen-bond acceptors (Lipinski definition) is 4. The van der Waals surface area contributed by atoms with Crippen LogP contribution in [0.15, 0.2) is 59.4 Å². The van der Waals surface area contributed by atoms with Gasteiger partial charge >= 0.3 is 11.7 Å². The van der Waals surface area contributed by atoms with Gasteiger partial charge in [-0.3, -0.25) is 4.57 Å². The number of aromatic nitrogens is 3. The van der Waals surface area contributed by atoms with Crippen molar-refractivity contribution in [3.05, 3.63) is 70.6 Å². The van der Waals surface area contributed by atoms with Gasteiger partial charge < -0.3 is 15.4 Å². The second-order valence-electron chi connectivity index (χ2n) is 6.54. The molecule has 0 aliphatic carbocycles. The number of carbonyl (C=O) groups excluding carboxylic acids is 1. The number of rotatable bonds is 8. The molecule has 0 fully saturated rings. The van der Waals surface area contributed by atoms with Gasteiger partial charge in [0, 0.05) is 25.7 Å². The molecular formula is C21H25N5O3. The smallest absolute Gasteiger partial charge is 0.345 e. The summed E-state index contributed by atoms with van der Waals surface area (Å²) in [6, 6.07) is 17.0. The molecule has 0 saturated carbocycles. The van der Waals surface area contributed by atoms with Gasteiger partial charge in [0.25, 0.3) is 0 Å². The minimum atomic E-state index is -0.264. The third-order valence-corrected chi connectivity index (χ3v) is 4.54. The summed E-state index contributed by atoms with van der Waals surface area (Å²) in [6.45, 7) is 1.13. The van der Waals surface area contributed by atoms with E-state index in [4.69, 9.17) is 4.74 Å². The normalized spacial score (nSPS) is 10.6. The number of methoxy groups -OCH3 is 1. The van der Waals surface area contributed by atoms with Crippen molar-refractivity contribution >= 4 is 6.03 Å². The third-order valence-electron chi connectivity index (χ3n) is 4.54. The maximum Gasteiger partial charge on any atom is 0.345 e. The molecule has 3 rings (SSSR count). The van der Waals surface area contributed by atoms with Crippen LogP contribution in [0.2, 0.25) is 0 Å². The van der Waals surface area contributed by atoms with Crippen LogP contribution in [0, 0.1) is 0 Å². The van der Waals surface area contributed by atoms with Crippen molar-refractivity contribution in [3.8, 4) is 17.1 Å². The molecule has 0 atom stereocenters. The zero-order valence-electron chi connectivity index (χ0n) is 16.6. The predicted octanol–water partition coefficient (Wildman–Crippen LogP) is 1.80. The Labute approximate surface area is 169 Å².